The molecule has 74 valence electrons. The van der Waals surface area contributed by atoms with Crippen molar-refractivity contribution in [3.63, 3.8) is 0 Å². The Bertz CT molecular complexity index is 368. The van der Waals surface area contributed by atoms with Crippen molar-refractivity contribution in [2.24, 2.45) is 0 Å². The standard InChI is InChI=1S/C10H11NO3/c1-2-11-5-10(14)6-3-8(12)9(13)4-7(6)11/h3-4,10,14H,2,5H2,1H3. The van der Waals surface area contributed by atoms with E-state index in [-0.39, 0.29) is 0 Å². The van der Waals surface area contributed by atoms with Crippen LogP contribution in [0.3, 0.4) is 0 Å². The lowest BCUT2D eigenvalue weighted by Gasteiger charge is -2.17. The molecule has 1 unspecified atom stereocenters. The molecule has 1 heterocycles. The van der Waals surface area contributed by atoms with Gasteiger partial charge in [-0.1, -0.05) is 0 Å². The molecule has 14 heavy (non-hydrogen) atoms. The van der Waals surface area contributed by atoms with Gasteiger partial charge in [-0.15, -0.1) is 0 Å². The average Bonchev–Trinajstić information content (AvgIpc) is 2.45. The van der Waals surface area contributed by atoms with Crippen molar-refractivity contribution in [3.05, 3.63) is 23.4 Å². The number of fused-ring (bicyclic) bond motifs is 1. The number of allylic oxidation sites excluding steroid dienone is 2. The first kappa shape index (κ1) is 9.15. The van der Waals surface area contributed by atoms with Gasteiger partial charge in [-0.3, -0.25) is 9.59 Å². The molecule has 0 saturated carbocycles. The van der Waals surface area contributed by atoms with Crippen LogP contribution in [0.25, 0.3) is 0 Å². The molecular formula is C10H11NO3. The second-order valence-corrected chi connectivity index (χ2v) is 3.41. The maximum absolute atomic E-state index is 11.1. The Labute approximate surface area is 81.5 Å². The number of likely N-dealkylation sites (tertiary alicyclic amines) is 1. The highest BCUT2D eigenvalue weighted by atomic mass is 16.3. The highest BCUT2D eigenvalue weighted by molar-refractivity contribution is 6.46. The van der Waals surface area contributed by atoms with Crippen molar-refractivity contribution < 1.29 is 14.7 Å². The summed E-state index contributed by atoms with van der Waals surface area (Å²) in [5.74, 6) is -1.04. The summed E-state index contributed by atoms with van der Waals surface area (Å²) in [6.07, 6.45) is 1.92. The van der Waals surface area contributed by atoms with Crippen LogP contribution in [0.15, 0.2) is 23.4 Å². The van der Waals surface area contributed by atoms with Crippen molar-refractivity contribution in [2.75, 3.05) is 13.1 Å². The molecule has 1 atom stereocenters. The number of ketones is 2. The van der Waals surface area contributed by atoms with Gasteiger partial charge >= 0.3 is 0 Å². The minimum absolute atomic E-state index is 0.467. The molecule has 4 heteroatoms. The predicted molar refractivity (Wildman–Crippen MR) is 49.4 cm³/mol. The summed E-state index contributed by atoms with van der Waals surface area (Å²) in [6, 6.07) is 0. The fourth-order valence-electron chi connectivity index (χ4n) is 1.81. The first-order chi connectivity index (χ1) is 6.63. The topological polar surface area (TPSA) is 57.6 Å². The van der Waals surface area contributed by atoms with Gasteiger partial charge in [0.05, 0.1) is 6.10 Å². The maximum Gasteiger partial charge on any atom is 0.227 e. The largest absolute Gasteiger partial charge is 0.386 e. The van der Waals surface area contributed by atoms with Crippen LogP contribution in [-0.2, 0) is 9.59 Å². The third-order valence-corrected chi connectivity index (χ3v) is 2.57. The van der Waals surface area contributed by atoms with Crippen molar-refractivity contribution in [1.82, 2.24) is 4.90 Å². The fourth-order valence-corrected chi connectivity index (χ4v) is 1.81. The second-order valence-electron chi connectivity index (χ2n) is 3.41. The third kappa shape index (κ3) is 1.19. The molecule has 0 bridgehead atoms. The zero-order chi connectivity index (χ0) is 10.3. The number of rotatable bonds is 1. The van der Waals surface area contributed by atoms with Crippen LogP contribution < -0.4 is 0 Å². The third-order valence-electron chi connectivity index (χ3n) is 2.57. The van der Waals surface area contributed by atoms with Crippen LogP contribution in [0.4, 0.5) is 0 Å². The first-order valence-corrected chi connectivity index (χ1v) is 4.58. The Morgan fingerprint density at radius 2 is 2.07 bits per heavy atom. The van der Waals surface area contributed by atoms with E-state index in [0.29, 0.717) is 17.8 Å². The molecule has 0 aromatic heterocycles. The normalized spacial score (nSPS) is 26.1. The summed E-state index contributed by atoms with van der Waals surface area (Å²) in [5.41, 5.74) is 1.28. The van der Waals surface area contributed by atoms with Crippen molar-refractivity contribution in [2.45, 2.75) is 13.0 Å². The van der Waals surface area contributed by atoms with E-state index in [2.05, 4.69) is 0 Å². The molecule has 1 aliphatic carbocycles. The van der Waals surface area contributed by atoms with Crippen molar-refractivity contribution >= 4 is 11.6 Å². The fraction of sp³-hybridized carbons (Fsp3) is 0.400. The Balaban J connectivity index is 2.42. The summed E-state index contributed by atoms with van der Waals surface area (Å²) >= 11 is 0. The van der Waals surface area contributed by atoms with Crippen LogP contribution in [0.2, 0.25) is 0 Å². The summed E-state index contributed by atoms with van der Waals surface area (Å²) in [5, 5.41) is 9.62. The first-order valence-electron chi connectivity index (χ1n) is 4.58. The van der Waals surface area contributed by atoms with Crippen molar-refractivity contribution in [1.29, 1.82) is 0 Å². The molecule has 1 saturated heterocycles. The zero-order valence-corrected chi connectivity index (χ0v) is 7.86. The van der Waals surface area contributed by atoms with Gasteiger partial charge in [0.2, 0.25) is 11.6 Å². The van der Waals surface area contributed by atoms with E-state index in [1.165, 1.54) is 12.2 Å². The second kappa shape index (κ2) is 3.06. The van der Waals surface area contributed by atoms with E-state index in [1.807, 2.05) is 11.8 Å². The van der Waals surface area contributed by atoms with Gasteiger partial charge in [0, 0.05) is 30.4 Å². The van der Waals surface area contributed by atoms with E-state index in [9.17, 15) is 14.7 Å². The smallest absolute Gasteiger partial charge is 0.227 e. The minimum Gasteiger partial charge on any atom is -0.386 e. The number of likely N-dealkylation sites (N-methyl/N-ethyl adjacent to an activating group) is 1. The highest BCUT2D eigenvalue weighted by Gasteiger charge is 2.34. The molecule has 0 aromatic rings. The van der Waals surface area contributed by atoms with Gasteiger partial charge in [0.15, 0.2) is 0 Å². The maximum atomic E-state index is 11.1. The number of nitrogens with zero attached hydrogens (tertiary/aromatic N) is 1. The van der Waals surface area contributed by atoms with Crippen LogP contribution >= 0.6 is 0 Å². The van der Waals surface area contributed by atoms with Crippen LogP contribution in [0.1, 0.15) is 6.92 Å². The quantitative estimate of drug-likeness (QED) is 0.456. The van der Waals surface area contributed by atoms with E-state index in [4.69, 9.17) is 0 Å². The summed E-state index contributed by atoms with van der Waals surface area (Å²) in [6.45, 7) is 3.13. The summed E-state index contributed by atoms with van der Waals surface area (Å²) < 4.78 is 0. The summed E-state index contributed by atoms with van der Waals surface area (Å²) in [7, 11) is 0. The van der Waals surface area contributed by atoms with Gasteiger partial charge in [0.1, 0.15) is 0 Å². The molecule has 2 aliphatic rings. The monoisotopic (exact) mass is 193 g/mol. The molecule has 4 nitrogen and oxygen atoms in total. The number of hydrogen-bond acceptors (Lipinski definition) is 4. The lowest BCUT2D eigenvalue weighted by Crippen LogP contribution is -2.22. The number of carbonyl (C=O) groups excluding carboxylic acids is 2. The molecule has 0 aromatic carbocycles. The highest BCUT2D eigenvalue weighted by Crippen LogP contribution is 2.29. The van der Waals surface area contributed by atoms with Gasteiger partial charge in [-0.25, -0.2) is 0 Å². The van der Waals surface area contributed by atoms with Gasteiger partial charge in [-0.05, 0) is 13.0 Å². The molecule has 0 amide bonds. The van der Waals surface area contributed by atoms with E-state index >= 15 is 0 Å². The number of aliphatic hydroxyl groups is 1. The van der Waals surface area contributed by atoms with Crippen LogP contribution in [0, 0.1) is 0 Å². The molecule has 1 N–H and O–H groups in total. The molecule has 0 spiro atoms. The number of aliphatic hydroxyl groups excluding tert-OH is 1. The molecular weight excluding hydrogens is 182 g/mol. The Morgan fingerprint density at radius 3 is 2.71 bits per heavy atom. The molecule has 2 rings (SSSR count). The van der Waals surface area contributed by atoms with Gasteiger partial charge in [0.25, 0.3) is 0 Å². The average molecular weight is 193 g/mol. The summed E-state index contributed by atoms with van der Waals surface area (Å²) in [4.78, 5) is 24.1. The Morgan fingerprint density at radius 1 is 1.43 bits per heavy atom. The molecule has 1 fully saturated rings. The SMILES string of the molecule is CCN1CC(O)C2=CC(=O)C(=O)C=C21. The van der Waals surface area contributed by atoms with E-state index in [1.54, 1.807) is 0 Å². The molecule has 1 aliphatic heterocycles. The Kier molecular flexibility index (Phi) is 2.00. The van der Waals surface area contributed by atoms with E-state index in [0.717, 1.165) is 6.54 Å². The van der Waals surface area contributed by atoms with E-state index < -0.39 is 17.7 Å². The van der Waals surface area contributed by atoms with Crippen LogP contribution in [-0.4, -0.2) is 40.8 Å². The number of β-amino-alcohol motifs (C(OH)–C–C–N with tert-alkyl or cyclic N) is 1. The minimum atomic E-state index is -0.641. The zero-order valence-electron chi connectivity index (χ0n) is 7.86. The van der Waals surface area contributed by atoms with Gasteiger partial charge in [-0.2, -0.15) is 0 Å². The lowest BCUT2D eigenvalue weighted by molar-refractivity contribution is -0.131. The van der Waals surface area contributed by atoms with Crippen LogP contribution in [0.5, 0.6) is 0 Å². The van der Waals surface area contributed by atoms with Gasteiger partial charge < -0.3 is 10.0 Å². The Hall–Kier alpha value is -1.42. The lowest BCUT2D eigenvalue weighted by atomic mass is 10.0. The number of hydrogen-bond donors (Lipinski definition) is 1. The molecule has 0 radical (unpaired) electrons. The number of carbonyl (C=O) groups is 2. The van der Waals surface area contributed by atoms with Crippen molar-refractivity contribution in [3.8, 4) is 0 Å². The predicted octanol–water partition coefficient (Wildman–Crippen LogP) is -0.355.